The Hall–Kier alpha value is -1.69. The van der Waals surface area contributed by atoms with E-state index in [0.29, 0.717) is 25.5 Å². The second-order valence-electron chi connectivity index (χ2n) is 4.98. The van der Waals surface area contributed by atoms with Crippen LogP contribution in [-0.4, -0.2) is 59.7 Å². The molecule has 0 radical (unpaired) electrons. The molecule has 0 spiro atoms. The molecule has 1 aromatic heterocycles. The number of carbonyl (C=O) groups is 1. The minimum Gasteiger partial charge on any atom is -0.372 e. The summed E-state index contributed by atoms with van der Waals surface area (Å²) in [4.78, 5) is 24.1. The fourth-order valence-electron chi connectivity index (χ4n) is 2.25. The molecule has 2 atom stereocenters. The smallest absolute Gasteiger partial charge is 0.242 e. The molecule has 0 aliphatic carbocycles. The lowest BCUT2D eigenvalue weighted by molar-refractivity contribution is -0.141. The first-order valence-corrected chi connectivity index (χ1v) is 6.46. The molecule has 0 saturated carbocycles. The normalized spacial score (nSPS) is 23.2. The summed E-state index contributed by atoms with van der Waals surface area (Å²) < 4.78 is 5.63. The molecule has 1 aliphatic heterocycles. The number of hydrogen-bond donors (Lipinski definition) is 0. The van der Waals surface area contributed by atoms with Gasteiger partial charge in [0.15, 0.2) is 0 Å². The van der Waals surface area contributed by atoms with Crippen LogP contribution in [0.4, 0.5) is 5.82 Å². The minimum atomic E-state index is 0.0922. The van der Waals surface area contributed by atoms with E-state index in [1.54, 1.807) is 23.5 Å². The lowest BCUT2D eigenvalue weighted by atomic mass is 10.2. The van der Waals surface area contributed by atoms with Crippen LogP contribution in [0.15, 0.2) is 18.6 Å². The van der Waals surface area contributed by atoms with Crippen molar-refractivity contribution in [1.82, 2.24) is 14.9 Å². The van der Waals surface area contributed by atoms with Crippen LogP contribution in [0.3, 0.4) is 0 Å². The third-order valence-corrected chi connectivity index (χ3v) is 3.09. The highest BCUT2D eigenvalue weighted by molar-refractivity contribution is 5.81. The highest BCUT2D eigenvalue weighted by Gasteiger charge is 2.26. The second-order valence-corrected chi connectivity index (χ2v) is 4.98. The first-order valence-electron chi connectivity index (χ1n) is 6.46. The summed E-state index contributed by atoms with van der Waals surface area (Å²) in [5.74, 6) is 0.792. The van der Waals surface area contributed by atoms with Gasteiger partial charge >= 0.3 is 0 Å². The maximum atomic E-state index is 12.3. The fraction of sp³-hybridized carbons (Fsp3) is 0.615. The Labute approximate surface area is 113 Å². The van der Waals surface area contributed by atoms with Crippen LogP contribution in [0.5, 0.6) is 0 Å². The molecule has 0 N–H and O–H groups in total. The van der Waals surface area contributed by atoms with Crippen molar-refractivity contribution in [2.24, 2.45) is 0 Å². The number of rotatable bonds is 3. The van der Waals surface area contributed by atoms with E-state index in [2.05, 4.69) is 9.97 Å². The summed E-state index contributed by atoms with van der Waals surface area (Å²) >= 11 is 0. The SMILES string of the molecule is C[C@H]1CN(C(=O)CN(C)c2cnccn2)C[C@H](C)O1. The summed E-state index contributed by atoms with van der Waals surface area (Å²) in [6, 6.07) is 0. The molecular formula is C13H20N4O2. The minimum absolute atomic E-state index is 0.0922. The van der Waals surface area contributed by atoms with Gasteiger partial charge in [-0.3, -0.25) is 9.78 Å². The molecule has 2 rings (SSSR count). The predicted octanol–water partition coefficient (Wildman–Crippen LogP) is 0.549. The first kappa shape index (κ1) is 13.7. The molecule has 1 amide bonds. The second kappa shape index (κ2) is 5.97. The Morgan fingerprint density at radius 2 is 2.11 bits per heavy atom. The van der Waals surface area contributed by atoms with Crippen molar-refractivity contribution in [2.45, 2.75) is 26.1 Å². The van der Waals surface area contributed by atoms with Gasteiger partial charge in [0.25, 0.3) is 0 Å². The van der Waals surface area contributed by atoms with Gasteiger partial charge in [0.05, 0.1) is 24.9 Å². The molecule has 104 valence electrons. The molecule has 1 aromatic rings. The summed E-state index contributed by atoms with van der Waals surface area (Å²) in [7, 11) is 1.84. The van der Waals surface area contributed by atoms with Crippen molar-refractivity contribution in [3.8, 4) is 0 Å². The zero-order valence-electron chi connectivity index (χ0n) is 11.6. The lowest BCUT2D eigenvalue weighted by Gasteiger charge is -2.36. The number of nitrogens with zero attached hydrogens (tertiary/aromatic N) is 4. The van der Waals surface area contributed by atoms with Crippen LogP contribution in [-0.2, 0) is 9.53 Å². The summed E-state index contributed by atoms with van der Waals surface area (Å²) in [6.07, 6.45) is 5.07. The number of ether oxygens (including phenoxy) is 1. The van der Waals surface area contributed by atoms with E-state index in [0.717, 1.165) is 0 Å². The Kier molecular flexibility index (Phi) is 4.31. The molecule has 6 heteroatoms. The number of morpholine rings is 1. The monoisotopic (exact) mass is 264 g/mol. The van der Waals surface area contributed by atoms with Gasteiger partial charge in [-0.2, -0.15) is 0 Å². The van der Waals surface area contributed by atoms with E-state index in [-0.39, 0.29) is 18.1 Å². The quantitative estimate of drug-likeness (QED) is 0.798. The first-order chi connectivity index (χ1) is 9.06. The Bertz CT molecular complexity index is 416. The Morgan fingerprint density at radius 3 is 2.68 bits per heavy atom. The molecular weight excluding hydrogens is 244 g/mol. The maximum absolute atomic E-state index is 12.3. The Balaban J connectivity index is 1.93. The molecule has 2 heterocycles. The van der Waals surface area contributed by atoms with Crippen LogP contribution in [0.25, 0.3) is 0 Å². The fourth-order valence-corrected chi connectivity index (χ4v) is 2.25. The van der Waals surface area contributed by atoms with E-state index >= 15 is 0 Å². The average molecular weight is 264 g/mol. The molecule has 19 heavy (non-hydrogen) atoms. The molecule has 1 aliphatic rings. The Morgan fingerprint density at radius 1 is 1.42 bits per heavy atom. The van der Waals surface area contributed by atoms with Gasteiger partial charge in [0.2, 0.25) is 5.91 Å². The van der Waals surface area contributed by atoms with Gasteiger partial charge in [0, 0.05) is 32.5 Å². The van der Waals surface area contributed by atoms with Crippen LogP contribution in [0, 0.1) is 0 Å². The van der Waals surface area contributed by atoms with Crippen LogP contribution < -0.4 is 4.90 Å². The molecule has 1 saturated heterocycles. The molecule has 1 fully saturated rings. The van der Waals surface area contributed by atoms with Crippen LogP contribution >= 0.6 is 0 Å². The summed E-state index contributed by atoms with van der Waals surface area (Å²) in [5.41, 5.74) is 0. The third kappa shape index (κ3) is 3.64. The van der Waals surface area contributed by atoms with Crippen LogP contribution in [0.2, 0.25) is 0 Å². The highest BCUT2D eigenvalue weighted by Crippen LogP contribution is 2.12. The van der Waals surface area contributed by atoms with Gasteiger partial charge in [-0.1, -0.05) is 0 Å². The zero-order valence-corrected chi connectivity index (χ0v) is 11.6. The number of amides is 1. The highest BCUT2D eigenvalue weighted by atomic mass is 16.5. The van der Waals surface area contributed by atoms with Gasteiger partial charge in [-0.15, -0.1) is 0 Å². The number of likely N-dealkylation sites (N-methyl/N-ethyl adjacent to an activating group) is 1. The average Bonchev–Trinajstić information content (AvgIpc) is 2.38. The third-order valence-electron chi connectivity index (χ3n) is 3.09. The molecule has 0 unspecified atom stereocenters. The van der Waals surface area contributed by atoms with Crippen molar-refractivity contribution in [3.05, 3.63) is 18.6 Å². The van der Waals surface area contributed by atoms with E-state index in [9.17, 15) is 4.79 Å². The lowest BCUT2D eigenvalue weighted by Crippen LogP contribution is -2.50. The number of anilines is 1. The van der Waals surface area contributed by atoms with Gasteiger partial charge < -0.3 is 14.5 Å². The number of aromatic nitrogens is 2. The largest absolute Gasteiger partial charge is 0.372 e. The summed E-state index contributed by atoms with van der Waals surface area (Å²) in [6.45, 7) is 5.58. The molecule has 0 bridgehead atoms. The van der Waals surface area contributed by atoms with Crippen molar-refractivity contribution in [2.75, 3.05) is 31.6 Å². The van der Waals surface area contributed by atoms with E-state index < -0.39 is 0 Å². The van der Waals surface area contributed by atoms with Gasteiger partial charge in [0.1, 0.15) is 5.82 Å². The van der Waals surface area contributed by atoms with Gasteiger partial charge in [-0.05, 0) is 13.8 Å². The van der Waals surface area contributed by atoms with Crippen LogP contribution in [0.1, 0.15) is 13.8 Å². The van der Waals surface area contributed by atoms with Gasteiger partial charge in [-0.25, -0.2) is 4.98 Å². The topological polar surface area (TPSA) is 58.6 Å². The standard InChI is InChI=1S/C13H20N4O2/c1-10-7-17(8-11(2)19-10)13(18)9-16(3)12-6-14-4-5-15-12/h4-6,10-11H,7-9H2,1-3H3/t10-,11-/m0/s1. The van der Waals surface area contributed by atoms with E-state index in [1.165, 1.54) is 0 Å². The van der Waals surface area contributed by atoms with E-state index in [1.807, 2.05) is 25.8 Å². The number of carbonyl (C=O) groups excluding carboxylic acids is 1. The molecule has 6 nitrogen and oxygen atoms in total. The maximum Gasteiger partial charge on any atom is 0.242 e. The predicted molar refractivity (Wildman–Crippen MR) is 71.9 cm³/mol. The zero-order chi connectivity index (χ0) is 13.8. The van der Waals surface area contributed by atoms with Crippen molar-refractivity contribution < 1.29 is 9.53 Å². The van der Waals surface area contributed by atoms with Crippen molar-refractivity contribution in [1.29, 1.82) is 0 Å². The number of hydrogen-bond acceptors (Lipinski definition) is 5. The van der Waals surface area contributed by atoms with Crippen molar-refractivity contribution >= 4 is 11.7 Å². The summed E-state index contributed by atoms with van der Waals surface area (Å²) in [5, 5.41) is 0. The van der Waals surface area contributed by atoms with E-state index in [4.69, 9.17) is 4.74 Å². The van der Waals surface area contributed by atoms with Crippen molar-refractivity contribution in [3.63, 3.8) is 0 Å². The molecule has 0 aromatic carbocycles.